The molecule has 1 aliphatic heterocycles. The lowest BCUT2D eigenvalue weighted by atomic mass is 9.90. The molecule has 3 rings (SSSR count). The number of carbonyl (C=O) groups excluding carboxylic acids is 1. The van der Waals surface area contributed by atoms with Gasteiger partial charge < -0.3 is 5.43 Å². The zero-order valence-electron chi connectivity index (χ0n) is 11.9. The molecule has 0 unspecified atom stereocenters. The van der Waals surface area contributed by atoms with Crippen LogP contribution in [-0.2, 0) is 0 Å². The summed E-state index contributed by atoms with van der Waals surface area (Å²) in [5.41, 5.74) is 5.79. The van der Waals surface area contributed by atoms with E-state index in [0.717, 1.165) is 11.1 Å². The Bertz CT molecular complexity index is 734. The Balaban J connectivity index is 1.97. The minimum absolute atomic E-state index is 0.106. The van der Waals surface area contributed by atoms with E-state index in [9.17, 15) is 4.79 Å². The Labute approximate surface area is 138 Å². The number of carbonyl (C=O) groups is 1. The molecule has 0 fully saturated rings. The number of aryl methyl sites for hydroxylation is 1. The average molecular weight is 333 g/mol. The van der Waals surface area contributed by atoms with Gasteiger partial charge in [0.15, 0.2) is 0 Å². The number of benzene rings is 2. The van der Waals surface area contributed by atoms with Crippen molar-refractivity contribution in [3.63, 3.8) is 0 Å². The van der Waals surface area contributed by atoms with Gasteiger partial charge in [-0.1, -0.05) is 59.1 Å². The van der Waals surface area contributed by atoms with E-state index in [4.69, 9.17) is 23.2 Å². The molecule has 0 spiro atoms. The topological polar surface area (TPSA) is 41.5 Å². The number of nitrogens with one attached hydrogen (secondary N) is 1. The van der Waals surface area contributed by atoms with Gasteiger partial charge in [-0.05, 0) is 19.1 Å². The van der Waals surface area contributed by atoms with Crippen molar-refractivity contribution < 1.29 is 4.79 Å². The third kappa shape index (κ3) is 2.74. The Morgan fingerprint density at radius 2 is 1.77 bits per heavy atom. The highest BCUT2D eigenvalue weighted by atomic mass is 35.5. The molecule has 0 aromatic heterocycles. The number of rotatable bonds is 3. The maximum atomic E-state index is 12.7. The summed E-state index contributed by atoms with van der Waals surface area (Å²) in [4.78, 5) is 12.7. The highest BCUT2D eigenvalue weighted by molar-refractivity contribution is 6.49. The summed E-state index contributed by atoms with van der Waals surface area (Å²) in [5.74, 6) is -0.346. The van der Waals surface area contributed by atoms with Crippen LogP contribution in [0, 0.1) is 6.92 Å². The Morgan fingerprint density at radius 1 is 1.14 bits per heavy atom. The van der Waals surface area contributed by atoms with Crippen LogP contribution < -0.4 is 5.43 Å². The molecule has 112 valence electrons. The molecule has 0 bridgehead atoms. The summed E-state index contributed by atoms with van der Waals surface area (Å²) >= 11 is 12.5. The van der Waals surface area contributed by atoms with Gasteiger partial charge in [0.1, 0.15) is 5.71 Å². The number of hydrogen-bond acceptors (Lipinski definition) is 3. The predicted molar refractivity (Wildman–Crippen MR) is 90.2 cm³/mol. The van der Waals surface area contributed by atoms with Gasteiger partial charge in [0.2, 0.25) is 5.78 Å². The second-order valence-electron chi connectivity index (χ2n) is 5.24. The summed E-state index contributed by atoms with van der Waals surface area (Å²) < 4.78 is 0. The third-order valence-corrected chi connectivity index (χ3v) is 4.38. The van der Waals surface area contributed by atoms with Crippen LogP contribution in [-0.4, -0.2) is 18.0 Å². The quantitative estimate of drug-likeness (QED) is 0.854. The highest BCUT2D eigenvalue weighted by Crippen LogP contribution is 2.34. The van der Waals surface area contributed by atoms with Crippen LogP contribution in [0.15, 0.2) is 47.6 Å². The van der Waals surface area contributed by atoms with Crippen molar-refractivity contribution in [1.82, 2.24) is 5.43 Å². The van der Waals surface area contributed by atoms with E-state index in [0.29, 0.717) is 27.9 Å². The van der Waals surface area contributed by atoms with E-state index in [1.165, 1.54) is 0 Å². The van der Waals surface area contributed by atoms with Crippen molar-refractivity contribution in [2.45, 2.75) is 12.8 Å². The molecule has 0 amide bonds. The van der Waals surface area contributed by atoms with Crippen LogP contribution in [0.2, 0.25) is 10.0 Å². The first-order valence-corrected chi connectivity index (χ1v) is 7.69. The molecule has 0 aliphatic carbocycles. The lowest BCUT2D eigenvalue weighted by molar-refractivity contribution is 0.106. The number of ketones is 1. The summed E-state index contributed by atoms with van der Waals surface area (Å²) in [6.07, 6.45) is 0. The molecule has 1 N–H and O–H groups in total. The van der Waals surface area contributed by atoms with E-state index in [1.54, 1.807) is 18.2 Å². The number of Topliss-reactive ketones (excluding diaryl/α,β-unsaturated/α-hetero) is 1. The van der Waals surface area contributed by atoms with Gasteiger partial charge in [0.25, 0.3) is 0 Å². The standard InChI is InChI=1S/C17H14Cl2N2O/c1-10-5-7-11(8-6-10)17(22)16-12(9-20-21-16)15-13(18)3-2-4-14(15)19/h2-8,12,20H,9H2,1H3/t12-/m1/s1. The maximum Gasteiger partial charge on any atom is 0.209 e. The van der Waals surface area contributed by atoms with Gasteiger partial charge in [-0.3, -0.25) is 4.79 Å². The van der Waals surface area contributed by atoms with E-state index < -0.39 is 0 Å². The maximum absolute atomic E-state index is 12.7. The van der Waals surface area contributed by atoms with Crippen molar-refractivity contribution in [3.05, 3.63) is 69.2 Å². The molecule has 1 atom stereocenters. The molecular weight excluding hydrogens is 319 g/mol. The van der Waals surface area contributed by atoms with Crippen molar-refractivity contribution in [1.29, 1.82) is 0 Å². The van der Waals surface area contributed by atoms with E-state index in [-0.39, 0.29) is 11.7 Å². The molecule has 5 heteroatoms. The van der Waals surface area contributed by atoms with Gasteiger partial charge in [-0.2, -0.15) is 5.10 Å². The van der Waals surface area contributed by atoms with Crippen LogP contribution >= 0.6 is 23.2 Å². The zero-order chi connectivity index (χ0) is 15.7. The Hall–Kier alpha value is -1.84. The van der Waals surface area contributed by atoms with E-state index in [1.807, 2.05) is 31.2 Å². The molecule has 0 saturated carbocycles. The molecule has 2 aromatic rings. The van der Waals surface area contributed by atoms with Crippen LogP contribution in [0.4, 0.5) is 0 Å². The number of hydrogen-bond donors (Lipinski definition) is 1. The summed E-state index contributed by atoms with van der Waals surface area (Å²) in [5, 5.41) is 5.27. The molecular formula is C17H14Cl2N2O. The van der Waals surface area contributed by atoms with Gasteiger partial charge in [-0.25, -0.2) is 0 Å². The van der Waals surface area contributed by atoms with Crippen molar-refractivity contribution in [2.75, 3.05) is 6.54 Å². The lowest BCUT2D eigenvalue weighted by Gasteiger charge is -2.15. The van der Waals surface area contributed by atoms with Crippen molar-refractivity contribution in [2.24, 2.45) is 5.10 Å². The lowest BCUT2D eigenvalue weighted by Crippen LogP contribution is -2.22. The van der Waals surface area contributed by atoms with Gasteiger partial charge >= 0.3 is 0 Å². The molecule has 22 heavy (non-hydrogen) atoms. The molecule has 3 nitrogen and oxygen atoms in total. The normalized spacial score (nSPS) is 17.0. The fraction of sp³-hybridized carbons (Fsp3) is 0.176. The SMILES string of the molecule is Cc1ccc(C(=O)C2=NNC[C@@H]2c2c(Cl)cccc2Cl)cc1. The predicted octanol–water partition coefficient (Wildman–Crippen LogP) is 4.23. The first kappa shape index (κ1) is 15.1. The largest absolute Gasteiger partial charge is 0.309 e. The first-order valence-electron chi connectivity index (χ1n) is 6.93. The van der Waals surface area contributed by atoms with Crippen molar-refractivity contribution in [3.8, 4) is 0 Å². The van der Waals surface area contributed by atoms with Crippen molar-refractivity contribution >= 4 is 34.7 Å². The second kappa shape index (κ2) is 6.11. The van der Waals surface area contributed by atoms with E-state index in [2.05, 4.69) is 10.5 Å². The Kier molecular flexibility index (Phi) is 4.19. The number of hydrazone groups is 1. The second-order valence-corrected chi connectivity index (χ2v) is 6.06. The van der Waals surface area contributed by atoms with Gasteiger partial charge in [0.05, 0.1) is 5.92 Å². The summed E-state index contributed by atoms with van der Waals surface area (Å²) in [7, 11) is 0. The Morgan fingerprint density at radius 3 is 2.41 bits per heavy atom. The van der Waals surface area contributed by atoms with E-state index >= 15 is 0 Å². The third-order valence-electron chi connectivity index (χ3n) is 3.72. The molecule has 0 saturated heterocycles. The zero-order valence-corrected chi connectivity index (χ0v) is 13.4. The molecule has 1 aliphatic rings. The van der Waals surface area contributed by atoms with Gasteiger partial charge in [0, 0.05) is 27.7 Å². The van der Waals surface area contributed by atoms with Crippen LogP contribution in [0.5, 0.6) is 0 Å². The monoisotopic (exact) mass is 332 g/mol. The van der Waals surface area contributed by atoms with Crippen LogP contribution in [0.3, 0.4) is 0 Å². The molecule has 2 aromatic carbocycles. The summed E-state index contributed by atoms with van der Waals surface area (Å²) in [6.45, 7) is 2.49. The minimum Gasteiger partial charge on any atom is -0.309 e. The fourth-order valence-electron chi connectivity index (χ4n) is 2.54. The van der Waals surface area contributed by atoms with Crippen LogP contribution in [0.1, 0.15) is 27.4 Å². The smallest absolute Gasteiger partial charge is 0.209 e. The number of nitrogens with zero attached hydrogens (tertiary/aromatic N) is 1. The van der Waals surface area contributed by atoms with Crippen LogP contribution in [0.25, 0.3) is 0 Å². The highest BCUT2D eigenvalue weighted by Gasteiger charge is 2.32. The fourth-order valence-corrected chi connectivity index (χ4v) is 3.20. The average Bonchev–Trinajstić information content (AvgIpc) is 2.96. The van der Waals surface area contributed by atoms with Gasteiger partial charge in [-0.15, -0.1) is 0 Å². The first-order chi connectivity index (χ1) is 10.6. The number of halogens is 2. The molecule has 1 heterocycles. The summed E-state index contributed by atoms with van der Waals surface area (Å²) in [6, 6.07) is 12.8. The minimum atomic E-state index is -0.241. The molecule has 0 radical (unpaired) electrons.